The average Bonchev–Trinajstić information content (AvgIpc) is 2.72. The summed E-state index contributed by atoms with van der Waals surface area (Å²) in [4.78, 5) is 12.9. The Morgan fingerprint density at radius 3 is 2.00 bits per heavy atom. The van der Waals surface area contributed by atoms with Gasteiger partial charge in [-0.2, -0.15) is 4.31 Å². The van der Waals surface area contributed by atoms with E-state index in [9.17, 15) is 21.6 Å². The minimum Gasteiger partial charge on any atom is -0.325 e. The second kappa shape index (κ2) is 9.82. The zero-order chi connectivity index (χ0) is 24.4. The summed E-state index contributed by atoms with van der Waals surface area (Å²) < 4.78 is 53.1. The Balaban J connectivity index is 1.76. The minimum absolute atomic E-state index is 0.172. The van der Waals surface area contributed by atoms with Gasteiger partial charge in [-0.15, -0.1) is 0 Å². The highest BCUT2D eigenvalue weighted by atomic mass is 32.2. The van der Waals surface area contributed by atoms with Gasteiger partial charge in [-0.1, -0.05) is 24.1 Å². The molecule has 1 N–H and O–H groups in total. The number of nitrogens with one attached hydrogen (secondary N) is 1. The van der Waals surface area contributed by atoms with Crippen LogP contribution in [0, 0.1) is 20.8 Å². The highest BCUT2D eigenvalue weighted by Crippen LogP contribution is 2.28. The summed E-state index contributed by atoms with van der Waals surface area (Å²) in [5.41, 5.74) is 3.41. The van der Waals surface area contributed by atoms with Gasteiger partial charge in [0.2, 0.25) is 26.0 Å². The van der Waals surface area contributed by atoms with E-state index in [0.717, 1.165) is 46.5 Å². The predicted molar refractivity (Wildman–Crippen MR) is 131 cm³/mol. The molecule has 1 heterocycles. The Labute approximate surface area is 196 Å². The number of carbonyl (C=O) groups is 1. The van der Waals surface area contributed by atoms with Gasteiger partial charge in [-0.3, -0.25) is 9.10 Å². The maximum atomic E-state index is 12.8. The monoisotopic (exact) mass is 493 g/mol. The number of hydrogen-bond donors (Lipinski definition) is 1. The van der Waals surface area contributed by atoms with Gasteiger partial charge in [0, 0.05) is 18.8 Å². The molecule has 0 aromatic heterocycles. The number of hydrogen-bond acceptors (Lipinski definition) is 5. The van der Waals surface area contributed by atoms with Gasteiger partial charge >= 0.3 is 0 Å². The zero-order valence-corrected chi connectivity index (χ0v) is 21.1. The van der Waals surface area contributed by atoms with Gasteiger partial charge in [0.15, 0.2) is 0 Å². The molecule has 0 radical (unpaired) electrons. The van der Waals surface area contributed by atoms with Crippen LogP contribution in [0.4, 0.5) is 11.4 Å². The number of carbonyl (C=O) groups excluding carboxylic acids is 1. The summed E-state index contributed by atoms with van der Waals surface area (Å²) in [6, 6.07) is 9.70. The first-order valence-electron chi connectivity index (χ1n) is 10.9. The molecule has 1 aliphatic rings. The first-order valence-corrected chi connectivity index (χ1v) is 14.1. The number of aryl methyl sites for hydroxylation is 3. The Morgan fingerprint density at radius 1 is 0.939 bits per heavy atom. The van der Waals surface area contributed by atoms with Crippen molar-refractivity contribution in [1.29, 1.82) is 0 Å². The molecule has 10 heteroatoms. The van der Waals surface area contributed by atoms with Crippen molar-refractivity contribution in [3.05, 3.63) is 53.1 Å². The van der Waals surface area contributed by atoms with E-state index in [-0.39, 0.29) is 4.90 Å². The van der Waals surface area contributed by atoms with Crippen molar-refractivity contribution in [3.8, 4) is 0 Å². The normalized spacial score (nSPS) is 15.3. The molecular weight excluding hydrogens is 462 g/mol. The van der Waals surface area contributed by atoms with Crippen molar-refractivity contribution >= 4 is 37.3 Å². The third-order valence-electron chi connectivity index (χ3n) is 5.66. The van der Waals surface area contributed by atoms with E-state index in [0.29, 0.717) is 24.5 Å². The fourth-order valence-electron chi connectivity index (χ4n) is 4.22. The third kappa shape index (κ3) is 5.93. The van der Waals surface area contributed by atoms with Crippen LogP contribution < -0.4 is 9.62 Å². The van der Waals surface area contributed by atoms with Crippen LogP contribution in [-0.2, 0) is 24.8 Å². The SMILES string of the molecule is Cc1cc(C)c(N(CC(=O)Nc2ccc(S(=O)(=O)N3CCCCC3)cc2)S(C)(=O)=O)c(C)c1. The Kier molecular flexibility index (Phi) is 7.50. The van der Waals surface area contributed by atoms with Crippen molar-refractivity contribution in [2.75, 3.05) is 35.5 Å². The number of sulfonamides is 2. The lowest BCUT2D eigenvalue weighted by molar-refractivity contribution is -0.114. The molecule has 1 saturated heterocycles. The number of amides is 1. The molecule has 0 bridgehead atoms. The summed E-state index contributed by atoms with van der Waals surface area (Å²) in [6.45, 7) is 6.19. The molecule has 8 nitrogen and oxygen atoms in total. The summed E-state index contributed by atoms with van der Waals surface area (Å²) in [6.07, 6.45) is 3.80. The van der Waals surface area contributed by atoms with Gasteiger partial charge in [0.25, 0.3) is 0 Å². The predicted octanol–water partition coefficient (Wildman–Crippen LogP) is 3.19. The van der Waals surface area contributed by atoms with Crippen molar-refractivity contribution < 1.29 is 21.6 Å². The van der Waals surface area contributed by atoms with E-state index >= 15 is 0 Å². The summed E-state index contributed by atoms with van der Waals surface area (Å²) in [7, 11) is -7.28. The van der Waals surface area contributed by atoms with Crippen molar-refractivity contribution in [3.63, 3.8) is 0 Å². The number of piperidine rings is 1. The van der Waals surface area contributed by atoms with Crippen molar-refractivity contribution in [2.45, 2.75) is 44.9 Å². The van der Waals surface area contributed by atoms with Crippen LogP contribution in [0.5, 0.6) is 0 Å². The summed E-state index contributed by atoms with van der Waals surface area (Å²) in [5.74, 6) is -0.522. The molecule has 3 rings (SSSR count). The highest BCUT2D eigenvalue weighted by Gasteiger charge is 2.26. The Morgan fingerprint density at radius 2 is 1.48 bits per heavy atom. The molecule has 0 aliphatic carbocycles. The van der Waals surface area contributed by atoms with Gasteiger partial charge in [0.1, 0.15) is 6.54 Å². The molecular formula is C23H31N3O5S2. The molecule has 1 aliphatic heterocycles. The van der Waals surface area contributed by atoms with Crippen molar-refractivity contribution in [2.24, 2.45) is 0 Å². The lowest BCUT2D eigenvalue weighted by Gasteiger charge is -2.26. The maximum absolute atomic E-state index is 12.8. The van der Waals surface area contributed by atoms with E-state index in [1.165, 1.54) is 28.6 Å². The lowest BCUT2D eigenvalue weighted by atomic mass is 10.1. The lowest BCUT2D eigenvalue weighted by Crippen LogP contribution is -2.38. The fraction of sp³-hybridized carbons (Fsp3) is 0.435. The van der Waals surface area contributed by atoms with Crippen LogP contribution in [0.25, 0.3) is 0 Å². The average molecular weight is 494 g/mol. The van der Waals surface area contributed by atoms with E-state index in [1.807, 2.05) is 32.9 Å². The maximum Gasteiger partial charge on any atom is 0.245 e. The first kappa shape index (κ1) is 25.2. The zero-order valence-electron chi connectivity index (χ0n) is 19.5. The van der Waals surface area contributed by atoms with Gasteiger partial charge in [0.05, 0.1) is 16.8 Å². The number of rotatable bonds is 7. The molecule has 0 saturated carbocycles. The van der Waals surface area contributed by atoms with Crippen LogP contribution in [-0.4, -0.2) is 52.9 Å². The van der Waals surface area contributed by atoms with Crippen LogP contribution in [0.3, 0.4) is 0 Å². The van der Waals surface area contributed by atoms with E-state index < -0.39 is 32.5 Å². The first-order chi connectivity index (χ1) is 15.4. The number of benzene rings is 2. The van der Waals surface area contributed by atoms with E-state index in [4.69, 9.17) is 0 Å². The molecule has 180 valence electrons. The second-order valence-electron chi connectivity index (χ2n) is 8.55. The molecule has 1 fully saturated rings. The van der Waals surface area contributed by atoms with Gasteiger partial charge in [-0.25, -0.2) is 16.8 Å². The molecule has 0 spiro atoms. The van der Waals surface area contributed by atoms with Crippen LogP contribution in [0.15, 0.2) is 41.3 Å². The van der Waals surface area contributed by atoms with Gasteiger partial charge < -0.3 is 5.32 Å². The molecule has 33 heavy (non-hydrogen) atoms. The highest BCUT2D eigenvalue weighted by molar-refractivity contribution is 7.92. The van der Waals surface area contributed by atoms with Crippen molar-refractivity contribution in [1.82, 2.24) is 4.31 Å². The Hall–Kier alpha value is -2.43. The van der Waals surface area contributed by atoms with E-state index in [2.05, 4.69) is 5.32 Å². The van der Waals surface area contributed by atoms with Crippen LogP contribution >= 0.6 is 0 Å². The number of nitrogens with zero attached hydrogens (tertiary/aromatic N) is 2. The molecule has 2 aromatic rings. The van der Waals surface area contributed by atoms with Gasteiger partial charge in [-0.05, 0) is 69.0 Å². The summed E-state index contributed by atoms with van der Waals surface area (Å²) in [5, 5.41) is 2.67. The van der Waals surface area contributed by atoms with E-state index in [1.54, 1.807) is 0 Å². The molecule has 2 aromatic carbocycles. The summed E-state index contributed by atoms with van der Waals surface area (Å²) >= 11 is 0. The molecule has 0 unspecified atom stereocenters. The molecule has 1 amide bonds. The smallest absolute Gasteiger partial charge is 0.245 e. The largest absolute Gasteiger partial charge is 0.325 e. The van der Waals surface area contributed by atoms with Crippen LogP contribution in [0.1, 0.15) is 36.0 Å². The minimum atomic E-state index is -3.71. The topological polar surface area (TPSA) is 104 Å². The third-order valence-corrected chi connectivity index (χ3v) is 8.69. The number of anilines is 2. The quantitative estimate of drug-likeness (QED) is 0.638. The standard InChI is InChI=1S/C23H31N3O5S2/c1-17-14-18(2)23(19(3)15-17)26(32(4,28)29)16-22(27)24-20-8-10-21(11-9-20)33(30,31)25-12-6-5-7-13-25/h8-11,14-15H,5-7,12-13,16H2,1-4H3,(H,24,27). The molecule has 0 atom stereocenters. The Bertz CT molecular complexity index is 1210. The van der Waals surface area contributed by atoms with Crippen LogP contribution in [0.2, 0.25) is 0 Å². The second-order valence-corrected chi connectivity index (χ2v) is 12.4. The fourth-order valence-corrected chi connectivity index (χ4v) is 6.71.